The fraction of sp³-hybridized carbons (Fsp3) is 0.357. The average molecular weight is 308 g/mol. The van der Waals surface area contributed by atoms with Gasteiger partial charge in [0.15, 0.2) is 0 Å². The van der Waals surface area contributed by atoms with Gasteiger partial charge in [-0.3, -0.25) is 14.5 Å². The Morgan fingerprint density at radius 2 is 2.05 bits per heavy atom. The molecule has 1 unspecified atom stereocenters. The molecular weight excluding hydrogens is 292 g/mol. The maximum Gasteiger partial charge on any atom is 0.246 e. The Kier molecular flexibility index (Phi) is 4.77. The molecule has 2 amide bonds. The number of thiocarbonyl (C=S) groups is 1. The molecule has 106 valence electrons. The fourth-order valence-corrected chi connectivity index (χ4v) is 3.36. The van der Waals surface area contributed by atoms with Crippen molar-refractivity contribution in [2.75, 3.05) is 18.5 Å². The van der Waals surface area contributed by atoms with Gasteiger partial charge in [-0.1, -0.05) is 49.1 Å². The maximum atomic E-state index is 12.2. The van der Waals surface area contributed by atoms with Crippen LogP contribution in [0.5, 0.6) is 0 Å². The van der Waals surface area contributed by atoms with Gasteiger partial charge in [0, 0.05) is 12.7 Å². The Balaban J connectivity index is 2.05. The van der Waals surface area contributed by atoms with E-state index in [1.165, 1.54) is 16.7 Å². The molecule has 0 saturated carbocycles. The smallest absolute Gasteiger partial charge is 0.246 e. The van der Waals surface area contributed by atoms with E-state index < -0.39 is 0 Å². The molecule has 1 aromatic rings. The summed E-state index contributed by atoms with van der Waals surface area (Å²) in [5, 5.41) is -0.141. The van der Waals surface area contributed by atoms with Gasteiger partial charge in [0.25, 0.3) is 0 Å². The van der Waals surface area contributed by atoms with E-state index in [4.69, 9.17) is 12.2 Å². The predicted molar refractivity (Wildman–Crippen MR) is 85.8 cm³/mol. The van der Waals surface area contributed by atoms with Gasteiger partial charge in [-0.05, 0) is 18.6 Å². The standard InChI is InChI=1S/C14H16N2O2S2/c1-3-11-13(18)16(14(19)20-11)9-12(17)15(2)10-7-5-4-6-8-10/h4-8,11H,3,9H2,1-2H3. The van der Waals surface area contributed by atoms with E-state index >= 15 is 0 Å². The molecule has 2 rings (SSSR count). The first-order valence-corrected chi connectivity index (χ1v) is 7.67. The first-order chi connectivity index (χ1) is 9.54. The molecule has 1 saturated heterocycles. The van der Waals surface area contributed by atoms with Crippen LogP contribution in [0, 0.1) is 0 Å². The average Bonchev–Trinajstić information content (AvgIpc) is 2.74. The second-order valence-corrected chi connectivity index (χ2v) is 6.33. The van der Waals surface area contributed by atoms with Crippen molar-refractivity contribution in [3.63, 3.8) is 0 Å². The Hall–Kier alpha value is -1.40. The van der Waals surface area contributed by atoms with Crippen LogP contribution in [0.15, 0.2) is 30.3 Å². The van der Waals surface area contributed by atoms with Crippen molar-refractivity contribution in [2.24, 2.45) is 0 Å². The van der Waals surface area contributed by atoms with Crippen molar-refractivity contribution in [1.29, 1.82) is 0 Å². The summed E-state index contributed by atoms with van der Waals surface area (Å²) < 4.78 is 0.497. The number of amides is 2. The molecular formula is C14H16N2O2S2. The minimum Gasteiger partial charge on any atom is -0.314 e. The lowest BCUT2D eigenvalue weighted by molar-refractivity contribution is -0.130. The molecule has 20 heavy (non-hydrogen) atoms. The molecule has 0 bridgehead atoms. The number of hydrogen-bond donors (Lipinski definition) is 0. The monoisotopic (exact) mass is 308 g/mol. The number of thioether (sulfide) groups is 1. The molecule has 1 heterocycles. The third-order valence-corrected chi connectivity index (χ3v) is 4.94. The lowest BCUT2D eigenvalue weighted by atomic mass is 10.2. The molecule has 1 atom stereocenters. The highest BCUT2D eigenvalue weighted by atomic mass is 32.2. The first kappa shape index (κ1) is 15.0. The lowest BCUT2D eigenvalue weighted by Gasteiger charge is -2.21. The Morgan fingerprint density at radius 1 is 1.40 bits per heavy atom. The zero-order valence-electron chi connectivity index (χ0n) is 11.4. The van der Waals surface area contributed by atoms with E-state index in [9.17, 15) is 9.59 Å². The van der Waals surface area contributed by atoms with Crippen LogP contribution >= 0.6 is 24.0 Å². The number of rotatable bonds is 4. The Labute approximate surface area is 128 Å². The van der Waals surface area contributed by atoms with Crippen molar-refractivity contribution in [2.45, 2.75) is 18.6 Å². The van der Waals surface area contributed by atoms with Gasteiger partial charge in [-0.15, -0.1) is 0 Å². The molecule has 6 heteroatoms. The van der Waals surface area contributed by atoms with Gasteiger partial charge in [0.05, 0.1) is 5.25 Å². The zero-order valence-corrected chi connectivity index (χ0v) is 13.0. The zero-order chi connectivity index (χ0) is 14.7. The molecule has 1 fully saturated rings. The fourth-order valence-electron chi connectivity index (χ4n) is 1.94. The molecule has 1 aliphatic heterocycles. The van der Waals surface area contributed by atoms with Gasteiger partial charge in [0.2, 0.25) is 11.8 Å². The minimum absolute atomic E-state index is 0.00651. The molecule has 1 aromatic carbocycles. The normalized spacial score (nSPS) is 18.5. The molecule has 1 aliphatic rings. The first-order valence-electron chi connectivity index (χ1n) is 6.38. The number of likely N-dealkylation sites (N-methyl/N-ethyl adjacent to an activating group) is 1. The van der Waals surface area contributed by atoms with Gasteiger partial charge >= 0.3 is 0 Å². The molecule has 0 N–H and O–H groups in total. The topological polar surface area (TPSA) is 40.6 Å². The summed E-state index contributed by atoms with van der Waals surface area (Å²) in [5.74, 6) is -0.207. The highest BCUT2D eigenvalue weighted by Crippen LogP contribution is 2.29. The predicted octanol–water partition coefficient (Wildman–Crippen LogP) is 2.29. The SMILES string of the molecule is CCC1SC(=S)N(CC(=O)N(C)c2ccccc2)C1=O. The van der Waals surface area contributed by atoms with E-state index in [-0.39, 0.29) is 23.6 Å². The van der Waals surface area contributed by atoms with Crippen LogP contribution in [0.3, 0.4) is 0 Å². The van der Waals surface area contributed by atoms with Crippen molar-refractivity contribution in [3.05, 3.63) is 30.3 Å². The Bertz CT molecular complexity index is 533. The van der Waals surface area contributed by atoms with E-state index in [0.717, 1.165) is 12.1 Å². The van der Waals surface area contributed by atoms with Crippen molar-refractivity contribution in [3.8, 4) is 0 Å². The van der Waals surface area contributed by atoms with Crippen molar-refractivity contribution >= 4 is 45.8 Å². The second-order valence-electron chi connectivity index (χ2n) is 4.49. The summed E-state index contributed by atoms with van der Waals surface area (Å²) in [5.41, 5.74) is 0.801. The third kappa shape index (κ3) is 3.02. The molecule has 0 aromatic heterocycles. The number of anilines is 1. The van der Waals surface area contributed by atoms with E-state index in [1.54, 1.807) is 11.9 Å². The number of hydrogen-bond acceptors (Lipinski definition) is 4. The summed E-state index contributed by atoms with van der Waals surface area (Å²) >= 11 is 6.55. The van der Waals surface area contributed by atoms with Crippen LogP contribution in [-0.4, -0.2) is 39.9 Å². The number of nitrogens with zero attached hydrogens (tertiary/aromatic N) is 2. The molecule has 0 aliphatic carbocycles. The number of benzene rings is 1. The number of para-hydroxylation sites is 1. The van der Waals surface area contributed by atoms with E-state index in [0.29, 0.717) is 4.32 Å². The molecule has 4 nitrogen and oxygen atoms in total. The second kappa shape index (κ2) is 6.37. The summed E-state index contributed by atoms with van der Waals surface area (Å²) in [7, 11) is 1.70. The van der Waals surface area contributed by atoms with Crippen molar-refractivity contribution < 1.29 is 9.59 Å². The number of carbonyl (C=O) groups excluding carboxylic acids is 2. The Morgan fingerprint density at radius 3 is 2.60 bits per heavy atom. The summed E-state index contributed by atoms with van der Waals surface area (Å²) in [6.45, 7) is 1.95. The van der Waals surface area contributed by atoms with Crippen LogP contribution in [-0.2, 0) is 9.59 Å². The summed E-state index contributed by atoms with van der Waals surface area (Å²) in [6, 6.07) is 9.34. The summed E-state index contributed by atoms with van der Waals surface area (Å²) in [4.78, 5) is 27.3. The van der Waals surface area contributed by atoms with Crippen LogP contribution in [0.25, 0.3) is 0 Å². The van der Waals surface area contributed by atoms with Crippen molar-refractivity contribution in [1.82, 2.24) is 4.90 Å². The quantitative estimate of drug-likeness (QED) is 0.800. The molecule has 0 spiro atoms. The van der Waals surface area contributed by atoms with Crippen LogP contribution < -0.4 is 4.90 Å². The van der Waals surface area contributed by atoms with Crippen LogP contribution in [0.2, 0.25) is 0 Å². The highest BCUT2D eigenvalue weighted by molar-refractivity contribution is 8.24. The van der Waals surface area contributed by atoms with Crippen LogP contribution in [0.1, 0.15) is 13.3 Å². The summed E-state index contributed by atoms with van der Waals surface area (Å²) in [6.07, 6.45) is 0.725. The minimum atomic E-state index is -0.149. The van der Waals surface area contributed by atoms with Gasteiger partial charge in [-0.25, -0.2) is 0 Å². The van der Waals surface area contributed by atoms with Gasteiger partial charge in [-0.2, -0.15) is 0 Å². The lowest BCUT2D eigenvalue weighted by Crippen LogP contribution is -2.41. The highest BCUT2D eigenvalue weighted by Gasteiger charge is 2.37. The third-order valence-electron chi connectivity index (χ3n) is 3.19. The largest absolute Gasteiger partial charge is 0.314 e. The number of carbonyl (C=O) groups is 2. The van der Waals surface area contributed by atoms with E-state index in [2.05, 4.69) is 0 Å². The van der Waals surface area contributed by atoms with Gasteiger partial charge in [0.1, 0.15) is 10.9 Å². The van der Waals surface area contributed by atoms with E-state index in [1.807, 2.05) is 37.3 Å². The van der Waals surface area contributed by atoms with Crippen LogP contribution in [0.4, 0.5) is 5.69 Å². The maximum absolute atomic E-state index is 12.2. The van der Waals surface area contributed by atoms with Gasteiger partial charge < -0.3 is 4.90 Å². The molecule has 0 radical (unpaired) electrons.